The lowest BCUT2D eigenvalue weighted by molar-refractivity contribution is -0.145. The molecule has 5 nitrogen and oxygen atoms in total. The highest BCUT2D eigenvalue weighted by Crippen LogP contribution is 2.28. The molecular weight excluding hydrogens is 314 g/mol. The van der Waals surface area contributed by atoms with Crippen LogP contribution < -0.4 is 10.1 Å². The summed E-state index contributed by atoms with van der Waals surface area (Å²) in [6, 6.07) is 5.01. The standard InChI is InChI=1S/C14H18ClNO4S/c1-4-18-13(17)8-19-12-7-10(5-6-11(12)15)16-14(21)20-9(2)3/h5-7,9H,4,8H2,1-3H3,(H,16,21). The van der Waals surface area contributed by atoms with Crippen LogP contribution in [0.15, 0.2) is 18.2 Å². The number of hydrogen-bond acceptors (Lipinski definition) is 5. The Hall–Kier alpha value is -1.53. The topological polar surface area (TPSA) is 56.8 Å². The number of halogens is 1. The van der Waals surface area contributed by atoms with E-state index in [-0.39, 0.29) is 17.9 Å². The van der Waals surface area contributed by atoms with Crippen LogP contribution in [0.5, 0.6) is 5.75 Å². The molecule has 0 aliphatic rings. The summed E-state index contributed by atoms with van der Waals surface area (Å²) < 4.78 is 15.4. The van der Waals surface area contributed by atoms with Gasteiger partial charge in [0.15, 0.2) is 6.61 Å². The van der Waals surface area contributed by atoms with Gasteiger partial charge >= 0.3 is 5.97 Å². The predicted octanol–water partition coefficient (Wildman–Crippen LogP) is 3.40. The van der Waals surface area contributed by atoms with Crippen molar-refractivity contribution in [1.29, 1.82) is 0 Å². The van der Waals surface area contributed by atoms with Crippen molar-refractivity contribution in [2.75, 3.05) is 18.5 Å². The summed E-state index contributed by atoms with van der Waals surface area (Å²) in [7, 11) is 0. The SMILES string of the molecule is CCOC(=O)COc1cc(NC(=S)OC(C)C)ccc1Cl. The quantitative estimate of drug-likeness (QED) is 0.637. The fraction of sp³-hybridized carbons (Fsp3) is 0.429. The molecule has 0 atom stereocenters. The number of rotatable bonds is 6. The largest absolute Gasteiger partial charge is 0.480 e. The Kier molecular flexibility index (Phi) is 7.25. The molecular formula is C14H18ClNO4S. The van der Waals surface area contributed by atoms with E-state index in [0.717, 1.165) is 0 Å². The van der Waals surface area contributed by atoms with Crippen LogP contribution >= 0.6 is 23.8 Å². The highest BCUT2D eigenvalue weighted by atomic mass is 35.5. The second kappa shape index (κ2) is 8.69. The number of benzene rings is 1. The van der Waals surface area contributed by atoms with Gasteiger partial charge in [0, 0.05) is 11.8 Å². The Morgan fingerprint density at radius 3 is 2.76 bits per heavy atom. The zero-order chi connectivity index (χ0) is 15.8. The molecule has 0 aliphatic heterocycles. The van der Waals surface area contributed by atoms with Crippen molar-refractivity contribution in [2.45, 2.75) is 26.9 Å². The lowest BCUT2D eigenvalue weighted by Gasteiger charge is -2.14. The third-order valence-electron chi connectivity index (χ3n) is 2.17. The smallest absolute Gasteiger partial charge is 0.344 e. The summed E-state index contributed by atoms with van der Waals surface area (Å²) >= 11 is 11.1. The van der Waals surface area contributed by atoms with Gasteiger partial charge < -0.3 is 19.5 Å². The van der Waals surface area contributed by atoms with Gasteiger partial charge in [0.1, 0.15) is 5.75 Å². The van der Waals surface area contributed by atoms with Crippen LogP contribution in [-0.2, 0) is 14.3 Å². The number of esters is 1. The molecule has 0 radical (unpaired) electrons. The number of ether oxygens (including phenoxy) is 3. The van der Waals surface area contributed by atoms with Crippen LogP contribution in [-0.4, -0.2) is 30.5 Å². The lowest BCUT2D eigenvalue weighted by Crippen LogP contribution is -2.18. The zero-order valence-electron chi connectivity index (χ0n) is 12.1. The molecule has 0 amide bonds. The molecule has 1 rings (SSSR count). The van der Waals surface area contributed by atoms with Gasteiger partial charge in [-0.05, 0) is 45.1 Å². The normalized spacial score (nSPS) is 10.1. The number of carbonyl (C=O) groups excluding carboxylic acids is 1. The van der Waals surface area contributed by atoms with Gasteiger partial charge in [-0.2, -0.15) is 0 Å². The van der Waals surface area contributed by atoms with Crippen molar-refractivity contribution in [3.05, 3.63) is 23.2 Å². The second-order valence-corrected chi connectivity index (χ2v) is 5.10. The average Bonchev–Trinajstić information content (AvgIpc) is 2.38. The molecule has 1 aromatic carbocycles. The van der Waals surface area contributed by atoms with Crippen molar-refractivity contribution in [1.82, 2.24) is 0 Å². The van der Waals surface area contributed by atoms with Crippen molar-refractivity contribution < 1.29 is 19.0 Å². The molecule has 116 valence electrons. The summed E-state index contributed by atoms with van der Waals surface area (Å²) in [5.74, 6) is -0.0901. The van der Waals surface area contributed by atoms with Gasteiger partial charge in [-0.1, -0.05) is 11.6 Å². The fourth-order valence-corrected chi connectivity index (χ4v) is 1.87. The van der Waals surface area contributed by atoms with E-state index >= 15 is 0 Å². The maximum atomic E-state index is 11.3. The Morgan fingerprint density at radius 1 is 1.43 bits per heavy atom. The molecule has 0 spiro atoms. The van der Waals surface area contributed by atoms with E-state index in [1.54, 1.807) is 25.1 Å². The molecule has 0 heterocycles. The molecule has 21 heavy (non-hydrogen) atoms. The maximum absolute atomic E-state index is 11.3. The summed E-state index contributed by atoms with van der Waals surface area (Å²) in [6.07, 6.45) is -0.0168. The third-order valence-corrected chi connectivity index (χ3v) is 2.68. The van der Waals surface area contributed by atoms with Crippen molar-refractivity contribution in [3.63, 3.8) is 0 Å². The number of anilines is 1. The van der Waals surface area contributed by atoms with Crippen LogP contribution in [0.4, 0.5) is 5.69 Å². The lowest BCUT2D eigenvalue weighted by atomic mass is 10.3. The van der Waals surface area contributed by atoms with Gasteiger partial charge in [-0.3, -0.25) is 0 Å². The Balaban J connectivity index is 2.66. The van der Waals surface area contributed by atoms with E-state index in [9.17, 15) is 4.79 Å². The summed E-state index contributed by atoms with van der Waals surface area (Å²) in [6.45, 7) is 5.58. The van der Waals surface area contributed by atoms with E-state index < -0.39 is 5.97 Å². The monoisotopic (exact) mass is 331 g/mol. The van der Waals surface area contributed by atoms with E-state index in [1.165, 1.54) is 0 Å². The number of nitrogens with one attached hydrogen (secondary N) is 1. The van der Waals surface area contributed by atoms with Gasteiger partial charge in [-0.25, -0.2) is 4.79 Å². The predicted molar refractivity (Wildman–Crippen MR) is 86.0 cm³/mol. The average molecular weight is 332 g/mol. The number of hydrogen-bond donors (Lipinski definition) is 1. The van der Waals surface area contributed by atoms with Gasteiger partial charge in [0.05, 0.1) is 17.7 Å². The first kappa shape index (κ1) is 17.5. The summed E-state index contributed by atoms with van der Waals surface area (Å²) in [5.41, 5.74) is 0.656. The van der Waals surface area contributed by atoms with Crippen LogP contribution in [0.1, 0.15) is 20.8 Å². The first-order valence-electron chi connectivity index (χ1n) is 6.48. The van der Waals surface area contributed by atoms with E-state index in [4.69, 9.17) is 38.0 Å². The summed E-state index contributed by atoms with van der Waals surface area (Å²) in [5, 5.41) is 3.55. The first-order valence-corrected chi connectivity index (χ1v) is 7.26. The molecule has 0 fully saturated rings. The minimum atomic E-state index is -0.453. The van der Waals surface area contributed by atoms with E-state index in [2.05, 4.69) is 5.32 Å². The molecule has 1 aromatic rings. The number of thiocarbonyl (C=S) groups is 1. The molecule has 7 heteroatoms. The molecule has 0 aliphatic carbocycles. The molecule has 0 saturated heterocycles. The minimum Gasteiger partial charge on any atom is -0.480 e. The van der Waals surface area contributed by atoms with Crippen molar-refractivity contribution in [3.8, 4) is 5.75 Å². The molecule has 1 N–H and O–H groups in total. The van der Waals surface area contributed by atoms with Gasteiger partial charge in [0.25, 0.3) is 5.17 Å². The Labute approximate surface area is 134 Å². The van der Waals surface area contributed by atoms with Gasteiger partial charge in [-0.15, -0.1) is 0 Å². The second-order valence-electron chi connectivity index (χ2n) is 4.32. The van der Waals surface area contributed by atoms with Crippen LogP contribution in [0.3, 0.4) is 0 Å². The van der Waals surface area contributed by atoms with Crippen LogP contribution in [0.2, 0.25) is 5.02 Å². The molecule has 0 saturated carbocycles. The zero-order valence-corrected chi connectivity index (χ0v) is 13.7. The van der Waals surface area contributed by atoms with Crippen molar-refractivity contribution in [2.24, 2.45) is 0 Å². The molecule has 0 aromatic heterocycles. The Bertz CT molecular complexity index is 508. The van der Waals surface area contributed by atoms with E-state index in [1.807, 2.05) is 13.8 Å². The summed E-state index contributed by atoms with van der Waals surface area (Å²) in [4.78, 5) is 11.3. The van der Waals surface area contributed by atoms with E-state index in [0.29, 0.717) is 23.1 Å². The Morgan fingerprint density at radius 2 is 2.14 bits per heavy atom. The van der Waals surface area contributed by atoms with Crippen LogP contribution in [0, 0.1) is 0 Å². The van der Waals surface area contributed by atoms with Gasteiger partial charge in [0.2, 0.25) is 0 Å². The highest BCUT2D eigenvalue weighted by Gasteiger charge is 2.09. The maximum Gasteiger partial charge on any atom is 0.344 e. The minimum absolute atomic E-state index is 0.0168. The fourth-order valence-electron chi connectivity index (χ4n) is 1.39. The molecule has 0 bridgehead atoms. The van der Waals surface area contributed by atoms with Crippen LogP contribution in [0.25, 0.3) is 0 Å². The molecule has 0 unspecified atom stereocenters. The first-order chi connectivity index (χ1) is 9.92. The number of carbonyl (C=O) groups is 1. The van der Waals surface area contributed by atoms with Crippen molar-refractivity contribution >= 4 is 40.7 Å². The third kappa shape index (κ3) is 6.64. The highest BCUT2D eigenvalue weighted by molar-refractivity contribution is 7.80.